The topological polar surface area (TPSA) is 59.9 Å². The maximum Gasteiger partial charge on any atom is 0.191 e. The Morgan fingerprint density at radius 2 is 1.93 bits per heavy atom. The fourth-order valence-electron chi connectivity index (χ4n) is 3.29. The summed E-state index contributed by atoms with van der Waals surface area (Å²) in [5.41, 5.74) is 2.56. The molecule has 1 unspecified atom stereocenters. The van der Waals surface area contributed by atoms with Gasteiger partial charge in [-0.15, -0.1) is 11.3 Å². The lowest BCUT2D eigenvalue weighted by Gasteiger charge is -2.29. The first-order valence-electron chi connectivity index (χ1n) is 9.63. The van der Waals surface area contributed by atoms with Gasteiger partial charge in [0.25, 0.3) is 0 Å². The maximum absolute atomic E-state index is 9.61. The maximum atomic E-state index is 9.61. The normalized spacial score (nSPS) is 17.7. The molecule has 0 radical (unpaired) electrons. The fraction of sp³-hybridized carbons (Fsp3) is 0.476. The summed E-state index contributed by atoms with van der Waals surface area (Å²) in [7, 11) is 1.80. The third kappa shape index (κ3) is 6.06. The van der Waals surface area contributed by atoms with E-state index in [1.54, 1.807) is 18.4 Å². The molecular formula is C21H30N4OS. The van der Waals surface area contributed by atoms with E-state index < -0.39 is 0 Å². The van der Waals surface area contributed by atoms with Gasteiger partial charge < -0.3 is 15.7 Å². The Labute approximate surface area is 166 Å². The smallest absolute Gasteiger partial charge is 0.191 e. The van der Waals surface area contributed by atoms with Gasteiger partial charge in [-0.05, 0) is 42.3 Å². The zero-order valence-electron chi connectivity index (χ0n) is 16.2. The van der Waals surface area contributed by atoms with E-state index in [4.69, 9.17) is 0 Å². The summed E-state index contributed by atoms with van der Waals surface area (Å²) in [5.74, 6) is 0.812. The van der Waals surface area contributed by atoms with Crippen LogP contribution >= 0.6 is 11.3 Å². The molecule has 1 atom stereocenters. The number of nitrogens with one attached hydrogen (secondary N) is 2. The number of aliphatic hydroxyl groups excluding tert-OH is 1. The Bertz CT molecular complexity index is 706. The predicted molar refractivity (Wildman–Crippen MR) is 113 cm³/mol. The van der Waals surface area contributed by atoms with Gasteiger partial charge in [0.15, 0.2) is 5.96 Å². The first kappa shape index (κ1) is 19.9. The van der Waals surface area contributed by atoms with Crippen LogP contribution in [0.3, 0.4) is 0 Å². The lowest BCUT2D eigenvalue weighted by Crippen LogP contribution is -2.38. The molecule has 1 aromatic heterocycles. The van der Waals surface area contributed by atoms with Gasteiger partial charge in [-0.2, -0.15) is 0 Å². The van der Waals surface area contributed by atoms with E-state index in [2.05, 4.69) is 69.2 Å². The average molecular weight is 387 g/mol. The highest BCUT2D eigenvalue weighted by Gasteiger charge is 2.16. The summed E-state index contributed by atoms with van der Waals surface area (Å²) in [4.78, 5) is 8.04. The number of nitrogens with zero attached hydrogens (tertiary/aromatic N) is 2. The molecule has 6 heteroatoms. The average Bonchev–Trinajstić information content (AvgIpc) is 3.23. The minimum Gasteiger partial charge on any atom is -0.393 e. The van der Waals surface area contributed by atoms with Crippen LogP contribution in [0, 0.1) is 0 Å². The van der Waals surface area contributed by atoms with Gasteiger partial charge in [-0.1, -0.05) is 30.3 Å². The van der Waals surface area contributed by atoms with Crippen molar-refractivity contribution in [1.29, 1.82) is 0 Å². The van der Waals surface area contributed by atoms with Gasteiger partial charge in [0.2, 0.25) is 0 Å². The number of benzene rings is 1. The van der Waals surface area contributed by atoms with Gasteiger partial charge in [0, 0.05) is 38.1 Å². The van der Waals surface area contributed by atoms with Crippen molar-refractivity contribution in [3.8, 4) is 0 Å². The lowest BCUT2D eigenvalue weighted by molar-refractivity contribution is 0.0792. The second kappa shape index (κ2) is 9.88. The van der Waals surface area contributed by atoms with Crippen molar-refractivity contribution in [1.82, 2.24) is 15.5 Å². The van der Waals surface area contributed by atoms with Crippen molar-refractivity contribution in [3.05, 3.63) is 57.8 Å². The third-order valence-corrected chi connectivity index (χ3v) is 6.05. The highest BCUT2D eigenvalue weighted by molar-refractivity contribution is 7.10. The SMILES string of the molecule is CN=C(NCc1ccc(CN2CCC(O)CC2)cc1)NC(C)c1cccs1. The molecule has 1 fully saturated rings. The molecule has 0 spiro atoms. The molecule has 3 N–H and O–H groups in total. The van der Waals surface area contributed by atoms with Crippen molar-refractivity contribution in [2.24, 2.45) is 4.99 Å². The molecule has 1 aliphatic rings. The summed E-state index contributed by atoms with van der Waals surface area (Å²) in [6.07, 6.45) is 1.66. The summed E-state index contributed by atoms with van der Waals surface area (Å²) >= 11 is 1.75. The molecule has 1 saturated heterocycles. The first-order chi connectivity index (χ1) is 13.1. The molecule has 0 aliphatic carbocycles. The largest absolute Gasteiger partial charge is 0.393 e. The minimum atomic E-state index is -0.111. The van der Waals surface area contributed by atoms with Crippen molar-refractivity contribution in [3.63, 3.8) is 0 Å². The number of aliphatic hydroxyl groups is 1. The fourth-order valence-corrected chi connectivity index (χ4v) is 4.03. The molecule has 5 nitrogen and oxygen atoms in total. The number of piperidine rings is 1. The number of aliphatic imine (C=N–C) groups is 1. The van der Waals surface area contributed by atoms with Crippen LogP contribution in [-0.2, 0) is 13.1 Å². The number of likely N-dealkylation sites (tertiary alicyclic amines) is 1. The Morgan fingerprint density at radius 1 is 1.22 bits per heavy atom. The molecule has 1 aromatic carbocycles. The van der Waals surface area contributed by atoms with Crippen LogP contribution in [0.5, 0.6) is 0 Å². The molecule has 0 bridgehead atoms. The third-order valence-electron chi connectivity index (χ3n) is 4.99. The van der Waals surface area contributed by atoms with E-state index in [9.17, 15) is 5.11 Å². The van der Waals surface area contributed by atoms with Gasteiger partial charge in [0.05, 0.1) is 12.1 Å². The summed E-state index contributed by atoms with van der Waals surface area (Å²) in [5, 5.41) is 18.5. The zero-order chi connectivity index (χ0) is 19.1. The Hall–Kier alpha value is -1.89. The van der Waals surface area contributed by atoms with Gasteiger partial charge in [-0.3, -0.25) is 9.89 Å². The van der Waals surface area contributed by atoms with Crippen LogP contribution < -0.4 is 10.6 Å². The summed E-state index contributed by atoms with van der Waals surface area (Å²) in [6.45, 7) is 5.81. The van der Waals surface area contributed by atoms with Crippen LogP contribution in [0.4, 0.5) is 0 Å². The standard InChI is InChI=1S/C21H30N4OS/c1-16(20-4-3-13-27-20)24-21(22-2)23-14-17-5-7-18(8-6-17)15-25-11-9-19(26)10-12-25/h3-8,13,16,19,26H,9-12,14-15H2,1-2H3,(H2,22,23,24). The Balaban J connectivity index is 1.46. The predicted octanol–water partition coefficient (Wildman–Crippen LogP) is 3.13. The molecular weight excluding hydrogens is 356 g/mol. The molecule has 2 aromatic rings. The highest BCUT2D eigenvalue weighted by atomic mass is 32.1. The molecule has 0 amide bonds. The van der Waals surface area contributed by atoms with Gasteiger partial charge in [-0.25, -0.2) is 0 Å². The second-order valence-corrected chi connectivity index (χ2v) is 8.11. The number of guanidine groups is 1. The zero-order valence-corrected chi connectivity index (χ0v) is 17.0. The Morgan fingerprint density at radius 3 is 2.56 bits per heavy atom. The number of hydrogen-bond donors (Lipinski definition) is 3. The van der Waals surface area contributed by atoms with Crippen LogP contribution in [0.25, 0.3) is 0 Å². The first-order valence-corrected chi connectivity index (χ1v) is 10.5. The summed E-state index contributed by atoms with van der Waals surface area (Å²) < 4.78 is 0. The van der Waals surface area contributed by atoms with Crippen LogP contribution in [0.15, 0.2) is 46.8 Å². The molecule has 2 heterocycles. The monoisotopic (exact) mass is 386 g/mol. The van der Waals surface area contributed by atoms with Crippen molar-refractivity contribution < 1.29 is 5.11 Å². The highest BCUT2D eigenvalue weighted by Crippen LogP contribution is 2.18. The lowest BCUT2D eigenvalue weighted by atomic mass is 10.1. The number of hydrogen-bond acceptors (Lipinski definition) is 4. The second-order valence-electron chi connectivity index (χ2n) is 7.13. The Kier molecular flexibility index (Phi) is 7.26. The van der Waals surface area contributed by atoms with Crippen molar-refractivity contribution in [2.45, 2.75) is 45.0 Å². The molecule has 1 aliphatic heterocycles. The molecule has 0 saturated carbocycles. The van der Waals surface area contributed by atoms with Gasteiger partial charge >= 0.3 is 0 Å². The van der Waals surface area contributed by atoms with Crippen molar-refractivity contribution >= 4 is 17.3 Å². The number of rotatable bonds is 6. The van der Waals surface area contributed by atoms with E-state index in [1.807, 2.05) is 0 Å². The van der Waals surface area contributed by atoms with Gasteiger partial charge in [0.1, 0.15) is 0 Å². The summed E-state index contributed by atoms with van der Waals surface area (Å²) in [6, 6.07) is 13.2. The van der Waals surface area contributed by atoms with E-state index in [0.29, 0.717) is 0 Å². The quantitative estimate of drug-likeness (QED) is 0.527. The minimum absolute atomic E-state index is 0.111. The molecule has 3 rings (SSSR count). The van der Waals surface area contributed by atoms with E-state index in [0.717, 1.165) is 45.0 Å². The van der Waals surface area contributed by atoms with E-state index >= 15 is 0 Å². The van der Waals surface area contributed by atoms with E-state index in [-0.39, 0.29) is 12.1 Å². The van der Waals surface area contributed by atoms with Crippen LogP contribution in [0.2, 0.25) is 0 Å². The van der Waals surface area contributed by atoms with Crippen LogP contribution in [0.1, 0.15) is 41.8 Å². The molecule has 27 heavy (non-hydrogen) atoms. The number of thiophene rings is 1. The van der Waals surface area contributed by atoms with Crippen molar-refractivity contribution in [2.75, 3.05) is 20.1 Å². The molecule has 146 valence electrons. The van der Waals surface area contributed by atoms with E-state index in [1.165, 1.54) is 16.0 Å². The van der Waals surface area contributed by atoms with Crippen LogP contribution in [-0.4, -0.2) is 42.2 Å².